The van der Waals surface area contributed by atoms with E-state index in [2.05, 4.69) is 10.3 Å². The van der Waals surface area contributed by atoms with Crippen LogP contribution in [0.2, 0.25) is 0 Å². The Morgan fingerprint density at radius 3 is 2.68 bits per heavy atom. The topological polar surface area (TPSA) is 38.1 Å². The van der Waals surface area contributed by atoms with E-state index in [9.17, 15) is 13.2 Å². The second-order valence-electron chi connectivity index (χ2n) is 4.03. The Morgan fingerprint density at radius 1 is 1.32 bits per heavy atom. The van der Waals surface area contributed by atoms with E-state index >= 15 is 0 Å². The fourth-order valence-electron chi connectivity index (χ4n) is 1.59. The van der Waals surface area contributed by atoms with Crippen molar-refractivity contribution in [2.24, 2.45) is 0 Å². The summed E-state index contributed by atoms with van der Waals surface area (Å²) in [5.41, 5.74) is -0.578. The standard InChI is InChI=1S/C13H13F3N2O/c1-2-5-17-12-8-9(13(14,15)16)7-10(18-12)11-4-3-6-19-11/h3-4,6-8H,2,5H2,1H3,(H,17,18). The van der Waals surface area contributed by atoms with E-state index < -0.39 is 11.7 Å². The number of alkyl halides is 3. The van der Waals surface area contributed by atoms with Gasteiger partial charge >= 0.3 is 6.18 Å². The van der Waals surface area contributed by atoms with Gasteiger partial charge < -0.3 is 9.73 Å². The van der Waals surface area contributed by atoms with Crippen molar-refractivity contribution < 1.29 is 17.6 Å². The summed E-state index contributed by atoms with van der Waals surface area (Å²) in [6.07, 6.45) is -2.21. The van der Waals surface area contributed by atoms with E-state index in [1.165, 1.54) is 6.26 Å². The first-order chi connectivity index (χ1) is 9.00. The second-order valence-corrected chi connectivity index (χ2v) is 4.03. The van der Waals surface area contributed by atoms with Gasteiger partial charge in [0.15, 0.2) is 5.76 Å². The van der Waals surface area contributed by atoms with Gasteiger partial charge in [-0.1, -0.05) is 6.92 Å². The molecule has 0 amide bonds. The zero-order valence-electron chi connectivity index (χ0n) is 10.3. The van der Waals surface area contributed by atoms with E-state index in [1.807, 2.05) is 6.92 Å². The van der Waals surface area contributed by atoms with Crippen molar-refractivity contribution in [3.05, 3.63) is 36.1 Å². The van der Waals surface area contributed by atoms with Crippen LogP contribution in [-0.4, -0.2) is 11.5 Å². The molecule has 0 fully saturated rings. The molecule has 0 aliphatic heterocycles. The van der Waals surface area contributed by atoms with Gasteiger partial charge in [-0.3, -0.25) is 0 Å². The Balaban J connectivity index is 2.43. The van der Waals surface area contributed by atoms with E-state index in [4.69, 9.17) is 4.42 Å². The van der Waals surface area contributed by atoms with Crippen LogP contribution in [0.5, 0.6) is 0 Å². The van der Waals surface area contributed by atoms with Crippen LogP contribution in [0.25, 0.3) is 11.5 Å². The third kappa shape index (κ3) is 3.27. The minimum atomic E-state index is -4.41. The summed E-state index contributed by atoms with van der Waals surface area (Å²) in [7, 11) is 0. The van der Waals surface area contributed by atoms with E-state index in [1.54, 1.807) is 12.1 Å². The zero-order valence-corrected chi connectivity index (χ0v) is 10.3. The van der Waals surface area contributed by atoms with Crippen LogP contribution < -0.4 is 5.32 Å². The van der Waals surface area contributed by atoms with Gasteiger partial charge in [0.25, 0.3) is 0 Å². The SMILES string of the molecule is CCCNc1cc(C(F)(F)F)cc(-c2ccco2)n1. The van der Waals surface area contributed by atoms with Crippen LogP contribution in [0.15, 0.2) is 34.9 Å². The van der Waals surface area contributed by atoms with Crippen molar-refractivity contribution in [2.75, 3.05) is 11.9 Å². The van der Waals surface area contributed by atoms with Crippen molar-refractivity contribution >= 4 is 5.82 Å². The monoisotopic (exact) mass is 270 g/mol. The van der Waals surface area contributed by atoms with Crippen LogP contribution >= 0.6 is 0 Å². The summed E-state index contributed by atoms with van der Waals surface area (Å²) in [5.74, 6) is 0.508. The van der Waals surface area contributed by atoms with Crippen LogP contribution in [0, 0.1) is 0 Å². The Bertz CT molecular complexity index is 535. The van der Waals surface area contributed by atoms with Gasteiger partial charge in [0.1, 0.15) is 11.5 Å². The number of pyridine rings is 1. The van der Waals surface area contributed by atoms with Crippen LogP contribution in [0.3, 0.4) is 0 Å². The number of halogens is 3. The lowest BCUT2D eigenvalue weighted by Crippen LogP contribution is -2.09. The lowest BCUT2D eigenvalue weighted by molar-refractivity contribution is -0.137. The molecule has 0 spiro atoms. The summed E-state index contributed by atoms with van der Waals surface area (Å²) < 4.78 is 43.6. The summed E-state index contributed by atoms with van der Waals surface area (Å²) >= 11 is 0. The van der Waals surface area contributed by atoms with Gasteiger partial charge in [0, 0.05) is 6.54 Å². The van der Waals surface area contributed by atoms with Gasteiger partial charge in [0.05, 0.1) is 11.8 Å². The van der Waals surface area contributed by atoms with Crippen molar-refractivity contribution in [3.63, 3.8) is 0 Å². The molecule has 1 N–H and O–H groups in total. The minimum absolute atomic E-state index is 0.165. The average Bonchev–Trinajstić information content (AvgIpc) is 2.89. The molecule has 102 valence electrons. The molecule has 3 nitrogen and oxygen atoms in total. The fraction of sp³-hybridized carbons (Fsp3) is 0.308. The van der Waals surface area contributed by atoms with E-state index in [0.29, 0.717) is 12.3 Å². The largest absolute Gasteiger partial charge is 0.463 e. The molecule has 0 aliphatic rings. The predicted octanol–water partition coefficient (Wildman–Crippen LogP) is 4.18. The van der Waals surface area contributed by atoms with Crippen LogP contribution in [-0.2, 0) is 6.18 Å². The van der Waals surface area contributed by atoms with Crippen LogP contribution in [0.1, 0.15) is 18.9 Å². The Kier molecular flexibility index (Phi) is 3.78. The average molecular weight is 270 g/mol. The maximum absolute atomic E-state index is 12.8. The molecule has 0 saturated heterocycles. The molecular weight excluding hydrogens is 257 g/mol. The molecule has 2 rings (SSSR count). The maximum atomic E-state index is 12.8. The third-order valence-corrected chi connectivity index (χ3v) is 2.48. The zero-order chi connectivity index (χ0) is 13.9. The lowest BCUT2D eigenvalue weighted by atomic mass is 10.2. The maximum Gasteiger partial charge on any atom is 0.416 e. The first-order valence-corrected chi connectivity index (χ1v) is 5.87. The van der Waals surface area contributed by atoms with Gasteiger partial charge in [-0.2, -0.15) is 13.2 Å². The highest BCUT2D eigenvalue weighted by molar-refractivity contribution is 5.57. The van der Waals surface area contributed by atoms with E-state index in [-0.39, 0.29) is 11.5 Å². The molecule has 0 aliphatic carbocycles. The predicted molar refractivity (Wildman–Crippen MR) is 65.7 cm³/mol. The molecular formula is C13H13F3N2O. The number of nitrogens with zero attached hydrogens (tertiary/aromatic N) is 1. The first-order valence-electron chi connectivity index (χ1n) is 5.87. The number of hydrogen-bond donors (Lipinski definition) is 1. The molecule has 2 heterocycles. The normalized spacial score (nSPS) is 11.6. The van der Waals surface area contributed by atoms with Crippen molar-refractivity contribution in [1.29, 1.82) is 0 Å². The lowest BCUT2D eigenvalue weighted by Gasteiger charge is -2.11. The van der Waals surface area contributed by atoms with Gasteiger partial charge in [0.2, 0.25) is 0 Å². The Labute approximate surface area is 108 Å². The number of hydrogen-bond acceptors (Lipinski definition) is 3. The fourth-order valence-corrected chi connectivity index (χ4v) is 1.59. The number of aromatic nitrogens is 1. The molecule has 19 heavy (non-hydrogen) atoms. The first kappa shape index (κ1) is 13.5. The number of rotatable bonds is 4. The third-order valence-electron chi connectivity index (χ3n) is 2.48. The molecule has 0 unspecified atom stereocenters. The molecule has 0 bridgehead atoms. The molecule has 0 radical (unpaired) electrons. The number of anilines is 1. The summed E-state index contributed by atoms with van der Waals surface area (Å²) in [4.78, 5) is 4.12. The minimum Gasteiger partial charge on any atom is -0.463 e. The second kappa shape index (κ2) is 5.34. The Morgan fingerprint density at radius 2 is 2.11 bits per heavy atom. The number of nitrogens with one attached hydrogen (secondary N) is 1. The summed E-state index contributed by atoms with van der Waals surface area (Å²) in [5, 5.41) is 2.86. The molecule has 2 aromatic rings. The van der Waals surface area contributed by atoms with Gasteiger partial charge in [-0.15, -0.1) is 0 Å². The van der Waals surface area contributed by atoms with Crippen molar-refractivity contribution in [3.8, 4) is 11.5 Å². The highest BCUT2D eigenvalue weighted by atomic mass is 19.4. The summed E-state index contributed by atoms with van der Waals surface area (Å²) in [6.45, 7) is 2.49. The molecule has 6 heteroatoms. The number of furan rings is 1. The molecule has 0 atom stereocenters. The quantitative estimate of drug-likeness (QED) is 0.905. The molecule has 2 aromatic heterocycles. The highest BCUT2D eigenvalue weighted by Crippen LogP contribution is 2.33. The van der Waals surface area contributed by atoms with Crippen molar-refractivity contribution in [1.82, 2.24) is 4.98 Å². The van der Waals surface area contributed by atoms with Gasteiger partial charge in [-0.25, -0.2) is 4.98 Å². The van der Waals surface area contributed by atoms with E-state index in [0.717, 1.165) is 18.6 Å². The highest BCUT2D eigenvalue weighted by Gasteiger charge is 2.32. The van der Waals surface area contributed by atoms with Crippen molar-refractivity contribution in [2.45, 2.75) is 19.5 Å². The molecule has 0 saturated carbocycles. The molecule has 0 aromatic carbocycles. The van der Waals surface area contributed by atoms with Crippen LogP contribution in [0.4, 0.5) is 19.0 Å². The summed E-state index contributed by atoms with van der Waals surface area (Å²) in [6, 6.07) is 5.17. The Hall–Kier alpha value is -1.98. The smallest absolute Gasteiger partial charge is 0.416 e. The van der Waals surface area contributed by atoms with Gasteiger partial charge in [-0.05, 0) is 30.7 Å².